The fraction of sp³-hybridized carbons (Fsp3) is 0.318. The van der Waals surface area contributed by atoms with Gasteiger partial charge in [-0.3, -0.25) is 13.7 Å². The number of aromatic nitrogens is 4. The summed E-state index contributed by atoms with van der Waals surface area (Å²) in [5, 5.41) is 14.2. The van der Waals surface area contributed by atoms with Crippen molar-refractivity contribution in [1.29, 1.82) is 0 Å². The molecule has 3 atom stereocenters. The first-order valence-corrected chi connectivity index (χ1v) is 19.2. The average molecular weight is 700 g/mol. The first-order valence-electron chi connectivity index (χ1n) is 12.0. The maximum absolute atomic E-state index is 11.8. The lowest BCUT2D eigenvalue weighted by molar-refractivity contribution is 0.130. The lowest BCUT2D eigenvalue weighted by atomic mass is 10.3. The van der Waals surface area contributed by atoms with Crippen LogP contribution >= 0.6 is 29.9 Å². The smallest absolute Gasteiger partial charge is 0.367 e. The molecule has 4 rings (SSSR count). The van der Waals surface area contributed by atoms with Crippen molar-refractivity contribution in [3.05, 3.63) is 54.7 Å². The molecule has 0 aliphatic rings. The highest BCUT2D eigenvalue weighted by molar-refractivity contribution is 7.77. The average Bonchev–Trinajstić information content (AvgIpc) is 3.49. The Morgan fingerprint density at radius 3 is 1.93 bits per heavy atom. The maximum atomic E-state index is 11.8. The van der Waals surface area contributed by atoms with Crippen molar-refractivity contribution in [3.63, 3.8) is 0 Å². The van der Waals surface area contributed by atoms with Gasteiger partial charge in [0.2, 0.25) is 17.5 Å². The molecule has 44 heavy (non-hydrogen) atoms. The number of pyridine rings is 1. The van der Waals surface area contributed by atoms with E-state index in [0.29, 0.717) is 34.8 Å². The Hall–Kier alpha value is -2.39. The molecule has 22 heteroatoms. The molecule has 18 nitrogen and oxygen atoms in total. The predicted octanol–water partition coefficient (Wildman–Crippen LogP) is 0.742. The van der Waals surface area contributed by atoms with E-state index in [0.717, 1.165) is 0 Å². The van der Waals surface area contributed by atoms with E-state index in [2.05, 4.69) is 16.3 Å². The number of aliphatic hydroxyl groups is 2. The van der Waals surface area contributed by atoms with E-state index in [1.54, 1.807) is 30.3 Å². The molecule has 0 saturated heterocycles. The Morgan fingerprint density at radius 1 is 0.864 bits per heavy atom. The minimum atomic E-state index is -5.27. The molecule has 3 aromatic heterocycles. The molecule has 0 bridgehead atoms. The second-order valence-electron chi connectivity index (χ2n) is 9.69. The lowest BCUT2D eigenvalue weighted by Gasteiger charge is -2.33. The van der Waals surface area contributed by atoms with Crippen molar-refractivity contribution < 1.29 is 67.6 Å². The number of imidazole rings is 2. The molecule has 0 fully saturated rings. The van der Waals surface area contributed by atoms with Gasteiger partial charge in [0, 0.05) is 43.3 Å². The van der Waals surface area contributed by atoms with Crippen molar-refractivity contribution in [2.75, 3.05) is 20.9 Å². The van der Waals surface area contributed by atoms with Crippen LogP contribution in [-0.2, 0) is 26.7 Å². The quantitative estimate of drug-likeness (QED) is 0.103. The summed E-state index contributed by atoms with van der Waals surface area (Å²) >= 11 is 0. The van der Waals surface area contributed by atoms with Crippen LogP contribution in [0.1, 0.15) is 5.69 Å². The number of nitrogens with zero attached hydrogens (tertiary/aromatic N) is 4. The molecule has 3 heterocycles. The molecule has 0 aliphatic carbocycles. The van der Waals surface area contributed by atoms with E-state index < -0.39 is 53.0 Å². The number of hydrogen-bond donors (Lipinski definition) is 9. The fourth-order valence-electron chi connectivity index (χ4n) is 3.95. The third kappa shape index (κ3) is 7.04. The van der Waals surface area contributed by atoms with Crippen LogP contribution < -0.4 is 9.47 Å². The Labute approximate surface area is 249 Å². The van der Waals surface area contributed by atoms with Crippen LogP contribution in [0.2, 0.25) is 0 Å². The highest BCUT2D eigenvalue weighted by Gasteiger charge is 2.57. The zero-order chi connectivity index (χ0) is 33.5. The molecule has 0 radical (unpaired) electrons. The van der Waals surface area contributed by atoms with E-state index in [4.69, 9.17) is 9.47 Å². The highest BCUT2D eigenvalue weighted by atomic mass is 31.2. The first kappa shape index (κ1) is 36.1. The normalized spacial score (nSPS) is 16.8. The van der Waals surface area contributed by atoms with Crippen molar-refractivity contribution in [3.8, 4) is 11.5 Å². The van der Waals surface area contributed by atoms with Gasteiger partial charge in [0.25, 0.3) is 0 Å². The van der Waals surface area contributed by atoms with Crippen LogP contribution in [0, 0.1) is 0 Å². The summed E-state index contributed by atoms with van der Waals surface area (Å²) < 4.78 is 47.6. The van der Waals surface area contributed by atoms with Crippen LogP contribution in [0.25, 0.3) is 16.7 Å². The van der Waals surface area contributed by atoms with Gasteiger partial charge in [-0.15, -0.1) is 0 Å². The monoisotopic (exact) mass is 700 g/mol. The summed E-state index contributed by atoms with van der Waals surface area (Å²) in [4.78, 5) is 74.0. The summed E-state index contributed by atoms with van der Waals surface area (Å²) in [5.74, 6) is 1.06. The van der Waals surface area contributed by atoms with Crippen molar-refractivity contribution in [2.24, 2.45) is 0 Å². The number of hydrogen-bond acceptors (Lipinski definition) is 11. The molecule has 3 unspecified atom stereocenters. The van der Waals surface area contributed by atoms with Gasteiger partial charge in [-0.05, 0) is 24.5 Å². The third-order valence-electron chi connectivity index (χ3n) is 6.60. The van der Waals surface area contributed by atoms with Gasteiger partial charge < -0.3 is 62.9 Å². The zero-order valence-corrected chi connectivity index (χ0v) is 27.0. The molecule has 0 spiro atoms. The second kappa shape index (κ2) is 12.4. The van der Waals surface area contributed by atoms with Crippen molar-refractivity contribution in [2.45, 2.75) is 23.1 Å². The van der Waals surface area contributed by atoms with E-state index in [1.807, 2.05) is 0 Å². The van der Waals surface area contributed by atoms with Crippen LogP contribution in [0.5, 0.6) is 11.5 Å². The maximum Gasteiger partial charge on any atom is 0.367 e. The molecular formula is C22H32N4O14P4. The van der Waals surface area contributed by atoms with Crippen molar-refractivity contribution >= 4 is 52.9 Å². The molecule has 9 N–H and O–H groups in total. The third-order valence-corrected chi connectivity index (χ3v) is 15.2. The summed E-state index contributed by atoms with van der Waals surface area (Å²) in [6.07, 6.45) is 6.21. The minimum Gasteiger partial charge on any atom is -0.497 e. The number of benzene rings is 1. The van der Waals surface area contributed by atoms with E-state index in [1.165, 1.54) is 41.9 Å². The van der Waals surface area contributed by atoms with E-state index in [9.17, 15) is 58.2 Å². The van der Waals surface area contributed by atoms with Crippen LogP contribution in [0.3, 0.4) is 0 Å². The van der Waals surface area contributed by atoms with Gasteiger partial charge in [0.15, 0.2) is 7.34 Å². The molecule has 0 saturated carbocycles. The lowest BCUT2D eigenvalue weighted by Crippen LogP contribution is -2.34. The molecule has 4 aromatic rings. The fourth-order valence-corrected chi connectivity index (χ4v) is 9.09. The number of rotatable bonds is 10. The highest BCUT2D eigenvalue weighted by Crippen LogP contribution is 2.69. The molecule has 0 amide bonds. The molecule has 244 valence electrons. The minimum absolute atomic E-state index is 0.180. The van der Waals surface area contributed by atoms with Gasteiger partial charge in [-0.1, -0.05) is 0 Å². The number of methoxy groups -OCH3 is 2. The summed E-state index contributed by atoms with van der Waals surface area (Å²) in [5.41, 5.74) is 1.48. The topological polar surface area (TPSA) is 287 Å². The Morgan fingerprint density at radius 2 is 1.43 bits per heavy atom. The van der Waals surface area contributed by atoms with Gasteiger partial charge in [-0.25, -0.2) is 9.97 Å². The zero-order valence-electron chi connectivity index (χ0n) is 23.4. The van der Waals surface area contributed by atoms with Gasteiger partial charge in [0.05, 0.1) is 38.1 Å². The SMILES string of the molecule is C=P(O)(O)C(O)(Cn1cnc2cc(OC)ccc21)P(=O)(O)O.COc1ccn2c(CC(O)(P(C)(=O)O)P(=O)(O)O)cnc2c1. The standard InChI is InChI=1S/2C11H16N2O7P2/c1-20-9-3-4-13-8(7-12-10(13)5-9)6-11(14,21(2,15)16)22(17,18)19;1-20-8-3-4-10-9(5-8)12-7-13(10)6-11(14,21(2,15)16)22(17,18)19/h3-5,7,14H,6H2,1-2H3,(H,15,16)(H2,17,18,19);3-5,7,14-16H,2,6H2,1H3,(H2,17,18,19). The second-order valence-corrected chi connectivity index (χ2v) is 18.8. The molecule has 0 aliphatic heterocycles. The summed E-state index contributed by atoms with van der Waals surface area (Å²) in [6, 6.07) is 7.91. The van der Waals surface area contributed by atoms with E-state index >= 15 is 0 Å². The summed E-state index contributed by atoms with van der Waals surface area (Å²) in [6.45, 7) is -0.0667. The largest absolute Gasteiger partial charge is 0.497 e. The van der Waals surface area contributed by atoms with Gasteiger partial charge >= 0.3 is 15.2 Å². The Bertz CT molecular complexity index is 1670. The van der Waals surface area contributed by atoms with Crippen LogP contribution in [0.15, 0.2) is 49.1 Å². The Balaban J connectivity index is 0.000000240. The number of fused-ring (bicyclic) bond motifs is 2. The molecular weight excluding hydrogens is 668 g/mol. The first-order chi connectivity index (χ1) is 20.0. The van der Waals surface area contributed by atoms with Gasteiger partial charge in [-0.2, -0.15) is 0 Å². The van der Waals surface area contributed by atoms with Gasteiger partial charge in [0.1, 0.15) is 17.1 Å². The Kier molecular flexibility index (Phi) is 10.2. The molecule has 1 aromatic carbocycles. The van der Waals surface area contributed by atoms with Crippen molar-refractivity contribution in [1.82, 2.24) is 18.9 Å². The number of ether oxygens (including phenoxy) is 2. The van der Waals surface area contributed by atoms with Crippen LogP contribution in [0.4, 0.5) is 0 Å². The predicted molar refractivity (Wildman–Crippen MR) is 160 cm³/mol. The summed E-state index contributed by atoms with van der Waals surface area (Å²) in [7, 11) is -16.6. The van der Waals surface area contributed by atoms with E-state index in [-0.39, 0.29) is 5.69 Å². The van der Waals surface area contributed by atoms with Crippen LogP contribution in [-0.4, -0.2) is 101 Å².